The zero-order chi connectivity index (χ0) is 18.6. The smallest absolute Gasteiger partial charge is 0.252 e. The number of nitrogens with one attached hydrogen (secondary N) is 1. The van der Waals surface area contributed by atoms with Crippen molar-refractivity contribution in [3.63, 3.8) is 0 Å². The third kappa shape index (κ3) is 3.72. The number of fused-ring (bicyclic) bond motifs is 2. The summed E-state index contributed by atoms with van der Waals surface area (Å²) in [4.78, 5) is 16.2. The minimum absolute atomic E-state index is 0.0243. The number of aryl methyl sites for hydroxylation is 1. The van der Waals surface area contributed by atoms with Crippen molar-refractivity contribution < 1.29 is 14.3 Å². The second-order valence-electron chi connectivity index (χ2n) is 6.65. The van der Waals surface area contributed by atoms with E-state index in [1.54, 1.807) is 0 Å². The molecule has 2 heterocycles. The van der Waals surface area contributed by atoms with Crippen LogP contribution in [0.1, 0.15) is 34.5 Å². The summed E-state index contributed by atoms with van der Waals surface area (Å²) in [5.41, 5.74) is 3.58. The van der Waals surface area contributed by atoms with Gasteiger partial charge in [0.1, 0.15) is 11.5 Å². The van der Waals surface area contributed by atoms with Crippen molar-refractivity contribution >= 4 is 16.8 Å². The summed E-state index contributed by atoms with van der Waals surface area (Å²) in [7, 11) is 0. The molecule has 0 saturated heterocycles. The average Bonchev–Trinajstić information content (AvgIpc) is 3.06. The highest BCUT2D eigenvalue weighted by Crippen LogP contribution is 2.27. The van der Waals surface area contributed by atoms with Crippen LogP contribution in [0.5, 0.6) is 11.5 Å². The van der Waals surface area contributed by atoms with Crippen molar-refractivity contribution in [2.45, 2.75) is 26.3 Å². The molecule has 0 atom stereocenters. The monoisotopic (exact) mass is 362 g/mol. The normalized spacial score (nSPS) is 12.7. The first kappa shape index (κ1) is 17.3. The maximum atomic E-state index is 11.7. The molecule has 0 spiro atoms. The Morgan fingerprint density at radius 3 is 2.63 bits per heavy atom. The van der Waals surface area contributed by atoms with Crippen molar-refractivity contribution in [2.75, 3.05) is 13.2 Å². The first-order valence-corrected chi connectivity index (χ1v) is 9.24. The van der Waals surface area contributed by atoms with Crippen LogP contribution in [0, 0.1) is 6.92 Å². The van der Waals surface area contributed by atoms with Gasteiger partial charge in [-0.15, -0.1) is 0 Å². The van der Waals surface area contributed by atoms with E-state index in [1.807, 2.05) is 55.5 Å². The fraction of sp³-hybridized carbons (Fsp3) is 0.273. The van der Waals surface area contributed by atoms with Crippen LogP contribution in [-0.4, -0.2) is 24.1 Å². The van der Waals surface area contributed by atoms with E-state index in [9.17, 15) is 4.79 Å². The van der Waals surface area contributed by atoms with Gasteiger partial charge in [0.2, 0.25) is 0 Å². The average molecular weight is 362 g/mol. The Labute approximate surface area is 158 Å². The number of pyridine rings is 1. The number of rotatable bonds is 7. The van der Waals surface area contributed by atoms with Gasteiger partial charge in [-0.3, -0.25) is 9.78 Å². The number of carbonyl (C=O) groups excluding carboxylic acids is 1. The van der Waals surface area contributed by atoms with E-state index in [2.05, 4.69) is 10.3 Å². The van der Waals surface area contributed by atoms with Crippen LogP contribution >= 0.6 is 0 Å². The lowest BCUT2D eigenvalue weighted by Gasteiger charge is -2.11. The fourth-order valence-electron chi connectivity index (χ4n) is 3.32. The number of aromatic nitrogens is 1. The van der Waals surface area contributed by atoms with Crippen LogP contribution in [0.15, 0.2) is 48.5 Å². The van der Waals surface area contributed by atoms with Gasteiger partial charge < -0.3 is 14.8 Å². The Morgan fingerprint density at radius 1 is 1.00 bits per heavy atom. The Hall–Kier alpha value is -3.08. The topological polar surface area (TPSA) is 60.5 Å². The summed E-state index contributed by atoms with van der Waals surface area (Å²) in [6.07, 6.45) is 1.77. The molecule has 0 fully saturated rings. The van der Waals surface area contributed by atoms with E-state index >= 15 is 0 Å². The number of hydrogen-bond acceptors (Lipinski definition) is 4. The SMILES string of the molecule is Cc1cc(OCCCCOc2cccc3c2CNC3=O)c2ccccc2n1. The van der Waals surface area contributed by atoms with Gasteiger partial charge in [0.05, 0.1) is 18.7 Å². The third-order valence-electron chi connectivity index (χ3n) is 4.66. The highest BCUT2D eigenvalue weighted by molar-refractivity contribution is 5.99. The van der Waals surface area contributed by atoms with Crippen molar-refractivity contribution in [3.8, 4) is 11.5 Å². The van der Waals surface area contributed by atoms with E-state index in [1.165, 1.54) is 0 Å². The predicted octanol–water partition coefficient (Wildman–Crippen LogP) is 4.02. The molecule has 1 aliphatic heterocycles. The molecule has 0 radical (unpaired) electrons. The minimum Gasteiger partial charge on any atom is -0.493 e. The van der Waals surface area contributed by atoms with E-state index in [-0.39, 0.29) is 5.91 Å². The summed E-state index contributed by atoms with van der Waals surface area (Å²) in [5, 5.41) is 3.87. The molecular formula is C22H22N2O3. The number of benzene rings is 2. The Kier molecular flexibility index (Phi) is 4.92. The lowest BCUT2D eigenvalue weighted by Crippen LogP contribution is -2.12. The number of unbranched alkanes of at least 4 members (excludes halogenated alkanes) is 1. The molecule has 138 valence electrons. The summed E-state index contributed by atoms with van der Waals surface area (Å²) < 4.78 is 11.9. The van der Waals surface area contributed by atoms with Gasteiger partial charge in [-0.2, -0.15) is 0 Å². The molecule has 27 heavy (non-hydrogen) atoms. The quantitative estimate of drug-likeness (QED) is 0.645. The molecule has 5 heteroatoms. The summed E-state index contributed by atoms with van der Waals surface area (Å²) >= 11 is 0. The van der Waals surface area contributed by atoms with Gasteiger partial charge in [-0.25, -0.2) is 0 Å². The van der Waals surface area contributed by atoms with Crippen molar-refractivity contribution in [3.05, 3.63) is 65.4 Å². The van der Waals surface area contributed by atoms with E-state index in [0.29, 0.717) is 19.8 Å². The van der Waals surface area contributed by atoms with Gasteiger partial charge in [-0.1, -0.05) is 18.2 Å². The van der Waals surface area contributed by atoms with Crippen molar-refractivity contribution in [2.24, 2.45) is 0 Å². The number of carbonyl (C=O) groups is 1. The molecule has 4 rings (SSSR count). The molecule has 0 aliphatic carbocycles. The molecule has 2 aromatic carbocycles. The van der Waals surface area contributed by atoms with Gasteiger partial charge in [0.25, 0.3) is 5.91 Å². The van der Waals surface area contributed by atoms with Gasteiger partial charge in [0.15, 0.2) is 0 Å². The number of ether oxygens (including phenoxy) is 2. The molecule has 1 N–H and O–H groups in total. The molecule has 5 nitrogen and oxygen atoms in total. The van der Waals surface area contributed by atoms with Gasteiger partial charge in [0, 0.05) is 34.8 Å². The number of hydrogen-bond donors (Lipinski definition) is 1. The lowest BCUT2D eigenvalue weighted by molar-refractivity contribution is 0.0965. The van der Waals surface area contributed by atoms with Crippen LogP contribution in [0.25, 0.3) is 10.9 Å². The molecule has 3 aromatic rings. The van der Waals surface area contributed by atoms with Crippen molar-refractivity contribution in [1.29, 1.82) is 0 Å². The molecule has 1 aliphatic rings. The molecule has 0 unspecified atom stereocenters. The van der Waals surface area contributed by atoms with Crippen LogP contribution in [0.4, 0.5) is 0 Å². The Bertz CT molecular complexity index is 984. The minimum atomic E-state index is -0.0243. The first-order chi connectivity index (χ1) is 13.2. The van der Waals surface area contributed by atoms with E-state index < -0.39 is 0 Å². The maximum Gasteiger partial charge on any atom is 0.252 e. The fourth-order valence-corrected chi connectivity index (χ4v) is 3.32. The highest BCUT2D eigenvalue weighted by atomic mass is 16.5. The van der Waals surface area contributed by atoms with Gasteiger partial charge >= 0.3 is 0 Å². The molecule has 0 bridgehead atoms. The number of nitrogens with zero attached hydrogens (tertiary/aromatic N) is 1. The van der Waals surface area contributed by atoms with E-state index in [4.69, 9.17) is 9.47 Å². The summed E-state index contributed by atoms with van der Waals surface area (Å²) in [5.74, 6) is 1.65. The first-order valence-electron chi connectivity index (χ1n) is 9.24. The Balaban J connectivity index is 1.28. The number of amides is 1. The second-order valence-corrected chi connectivity index (χ2v) is 6.65. The molecule has 1 amide bonds. The van der Waals surface area contributed by atoms with Gasteiger partial charge in [-0.05, 0) is 44.0 Å². The van der Waals surface area contributed by atoms with Crippen LogP contribution in [0.2, 0.25) is 0 Å². The standard InChI is InChI=1S/C22H22N2O3/c1-15-13-21(17-7-2-3-9-19(17)24-15)27-12-5-4-11-26-20-10-6-8-16-18(20)14-23-22(16)25/h2-3,6-10,13H,4-5,11-12,14H2,1H3,(H,23,25). The Morgan fingerprint density at radius 2 is 1.78 bits per heavy atom. The van der Waals surface area contributed by atoms with Crippen LogP contribution in [-0.2, 0) is 6.54 Å². The zero-order valence-corrected chi connectivity index (χ0v) is 15.3. The molecule has 0 saturated carbocycles. The second kappa shape index (κ2) is 7.66. The van der Waals surface area contributed by atoms with E-state index in [0.717, 1.165) is 52.1 Å². The predicted molar refractivity (Wildman–Crippen MR) is 104 cm³/mol. The summed E-state index contributed by atoms with van der Waals surface area (Å²) in [6, 6.07) is 15.6. The summed E-state index contributed by atoms with van der Waals surface area (Å²) in [6.45, 7) is 3.75. The molecule has 1 aromatic heterocycles. The third-order valence-corrected chi connectivity index (χ3v) is 4.66. The lowest BCUT2D eigenvalue weighted by atomic mass is 10.1. The van der Waals surface area contributed by atoms with Crippen LogP contribution < -0.4 is 14.8 Å². The highest BCUT2D eigenvalue weighted by Gasteiger charge is 2.21. The number of para-hydroxylation sites is 1. The molecular weight excluding hydrogens is 340 g/mol. The maximum absolute atomic E-state index is 11.7. The van der Waals surface area contributed by atoms with Crippen LogP contribution in [0.3, 0.4) is 0 Å². The zero-order valence-electron chi connectivity index (χ0n) is 15.3. The van der Waals surface area contributed by atoms with Crippen molar-refractivity contribution in [1.82, 2.24) is 10.3 Å². The largest absolute Gasteiger partial charge is 0.493 e.